The number of hydrogen-bond donors (Lipinski definition) is 1. The van der Waals surface area contributed by atoms with Gasteiger partial charge in [-0.05, 0) is 29.2 Å². The molecular weight excluding hydrogens is 194 g/mol. The molecular formula is C15H17N. The van der Waals surface area contributed by atoms with Crippen molar-refractivity contribution in [2.24, 2.45) is 5.73 Å². The van der Waals surface area contributed by atoms with Gasteiger partial charge in [-0.2, -0.15) is 0 Å². The van der Waals surface area contributed by atoms with Gasteiger partial charge in [0.1, 0.15) is 0 Å². The Bertz CT molecular complexity index is 448. The standard InChI is InChI=1S/C15H17N/c1-2-15(16)14-10-6-9-13(11-14)12-7-4-3-5-8-12/h3-11,15H,2,16H2,1H3. The van der Waals surface area contributed by atoms with Crippen molar-refractivity contribution >= 4 is 0 Å². The van der Waals surface area contributed by atoms with Gasteiger partial charge in [-0.1, -0.05) is 55.5 Å². The maximum atomic E-state index is 6.04. The average Bonchev–Trinajstić information content (AvgIpc) is 2.39. The molecule has 2 aromatic carbocycles. The second-order valence-corrected chi connectivity index (χ2v) is 4.01. The number of rotatable bonds is 3. The van der Waals surface area contributed by atoms with Gasteiger partial charge in [0.2, 0.25) is 0 Å². The Labute approximate surface area is 96.9 Å². The monoisotopic (exact) mass is 211 g/mol. The van der Waals surface area contributed by atoms with Crippen LogP contribution < -0.4 is 5.73 Å². The molecule has 2 N–H and O–H groups in total. The molecule has 0 saturated heterocycles. The van der Waals surface area contributed by atoms with Crippen molar-refractivity contribution in [2.75, 3.05) is 0 Å². The van der Waals surface area contributed by atoms with Crippen LogP contribution in [0.2, 0.25) is 0 Å². The second kappa shape index (κ2) is 4.95. The Morgan fingerprint density at radius 1 is 0.938 bits per heavy atom. The van der Waals surface area contributed by atoms with Crippen LogP contribution in [0.1, 0.15) is 24.9 Å². The van der Waals surface area contributed by atoms with E-state index in [1.807, 2.05) is 6.07 Å². The van der Waals surface area contributed by atoms with Gasteiger partial charge in [-0.3, -0.25) is 0 Å². The molecule has 2 rings (SSSR count). The normalized spacial score (nSPS) is 12.4. The summed E-state index contributed by atoms with van der Waals surface area (Å²) < 4.78 is 0. The van der Waals surface area contributed by atoms with Crippen molar-refractivity contribution in [1.29, 1.82) is 0 Å². The fourth-order valence-electron chi connectivity index (χ4n) is 1.82. The highest BCUT2D eigenvalue weighted by Gasteiger charge is 2.04. The minimum atomic E-state index is 0.142. The molecule has 1 nitrogen and oxygen atoms in total. The average molecular weight is 211 g/mol. The maximum absolute atomic E-state index is 6.04. The van der Waals surface area contributed by atoms with Gasteiger partial charge < -0.3 is 5.73 Å². The lowest BCUT2D eigenvalue weighted by Crippen LogP contribution is -2.08. The molecule has 0 aromatic heterocycles. The summed E-state index contributed by atoms with van der Waals surface area (Å²) in [6.07, 6.45) is 0.970. The summed E-state index contributed by atoms with van der Waals surface area (Å²) in [7, 11) is 0. The predicted octanol–water partition coefficient (Wildman–Crippen LogP) is 3.76. The first kappa shape index (κ1) is 10.9. The van der Waals surface area contributed by atoms with Gasteiger partial charge >= 0.3 is 0 Å². The first-order valence-electron chi connectivity index (χ1n) is 5.72. The van der Waals surface area contributed by atoms with Crippen molar-refractivity contribution in [3.8, 4) is 11.1 Å². The van der Waals surface area contributed by atoms with Gasteiger partial charge in [0.05, 0.1) is 0 Å². The lowest BCUT2D eigenvalue weighted by atomic mass is 9.99. The van der Waals surface area contributed by atoms with Crippen LogP contribution in [0.3, 0.4) is 0 Å². The zero-order valence-corrected chi connectivity index (χ0v) is 9.56. The van der Waals surface area contributed by atoms with Gasteiger partial charge in [-0.25, -0.2) is 0 Å². The van der Waals surface area contributed by atoms with E-state index in [-0.39, 0.29) is 6.04 Å². The molecule has 0 saturated carbocycles. The third-order valence-corrected chi connectivity index (χ3v) is 2.86. The summed E-state index contributed by atoms with van der Waals surface area (Å²) in [6.45, 7) is 2.11. The van der Waals surface area contributed by atoms with Crippen LogP contribution in [0, 0.1) is 0 Å². The highest BCUT2D eigenvalue weighted by atomic mass is 14.6. The molecule has 0 aliphatic heterocycles. The van der Waals surface area contributed by atoms with Gasteiger partial charge in [0.25, 0.3) is 0 Å². The maximum Gasteiger partial charge on any atom is 0.0292 e. The first-order valence-corrected chi connectivity index (χ1v) is 5.72. The minimum Gasteiger partial charge on any atom is -0.324 e. The van der Waals surface area contributed by atoms with Crippen LogP contribution in [0.15, 0.2) is 54.6 Å². The van der Waals surface area contributed by atoms with Crippen molar-refractivity contribution in [3.63, 3.8) is 0 Å². The van der Waals surface area contributed by atoms with Crippen LogP contribution in [0.25, 0.3) is 11.1 Å². The summed E-state index contributed by atoms with van der Waals surface area (Å²) in [4.78, 5) is 0. The number of hydrogen-bond acceptors (Lipinski definition) is 1. The predicted molar refractivity (Wildman–Crippen MR) is 69.1 cm³/mol. The van der Waals surface area contributed by atoms with Crippen molar-refractivity contribution in [1.82, 2.24) is 0 Å². The molecule has 16 heavy (non-hydrogen) atoms. The molecule has 0 aliphatic carbocycles. The van der Waals surface area contributed by atoms with Crippen LogP contribution in [0.4, 0.5) is 0 Å². The Morgan fingerprint density at radius 3 is 2.31 bits per heavy atom. The fourth-order valence-corrected chi connectivity index (χ4v) is 1.82. The molecule has 1 atom stereocenters. The highest BCUT2D eigenvalue weighted by Crippen LogP contribution is 2.23. The summed E-state index contributed by atoms with van der Waals surface area (Å²) in [5.41, 5.74) is 9.73. The quantitative estimate of drug-likeness (QED) is 0.821. The van der Waals surface area contributed by atoms with E-state index < -0.39 is 0 Å². The van der Waals surface area contributed by atoms with Crippen molar-refractivity contribution in [2.45, 2.75) is 19.4 Å². The minimum absolute atomic E-state index is 0.142. The van der Waals surface area contributed by atoms with Crippen LogP contribution in [0.5, 0.6) is 0 Å². The largest absolute Gasteiger partial charge is 0.324 e. The summed E-state index contributed by atoms with van der Waals surface area (Å²) in [5.74, 6) is 0. The van der Waals surface area contributed by atoms with Crippen LogP contribution in [-0.2, 0) is 0 Å². The van der Waals surface area contributed by atoms with Gasteiger partial charge in [0, 0.05) is 6.04 Å². The fraction of sp³-hybridized carbons (Fsp3) is 0.200. The zero-order chi connectivity index (χ0) is 11.4. The van der Waals surface area contributed by atoms with Crippen LogP contribution >= 0.6 is 0 Å². The number of nitrogens with two attached hydrogens (primary N) is 1. The second-order valence-electron chi connectivity index (χ2n) is 4.01. The highest BCUT2D eigenvalue weighted by molar-refractivity contribution is 5.64. The third kappa shape index (κ3) is 2.31. The lowest BCUT2D eigenvalue weighted by molar-refractivity contribution is 0.699. The molecule has 0 fully saturated rings. The molecule has 0 heterocycles. The van der Waals surface area contributed by atoms with E-state index in [2.05, 4.69) is 55.5 Å². The van der Waals surface area contributed by atoms with Gasteiger partial charge in [-0.15, -0.1) is 0 Å². The topological polar surface area (TPSA) is 26.0 Å². The molecule has 1 unspecified atom stereocenters. The molecule has 2 aromatic rings. The Hall–Kier alpha value is -1.60. The van der Waals surface area contributed by atoms with E-state index >= 15 is 0 Å². The molecule has 0 spiro atoms. The van der Waals surface area contributed by atoms with Gasteiger partial charge in [0.15, 0.2) is 0 Å². The SMILES string of the molecule is CCC(N)c1cccc(-c2ccccc2)c1. The number of benzene rings is 2. The summed E-state index contributed by atoms with van der Waals surface area (Å²) in [5, 5.41) is 0. The molecule has 0 bridgehead atoms. The smallest absolute Gasteiger partial charge is 0.0292 e. The molecule has 0 aliphatic rings. The van der Waals surface area contributed by atoms with Crippen molar-refractivity contribution in [3.05, 3.63) is 60.2 Å². The third-order valence-electron chi connectivity index (χ3n) is 2.86. The molecule has 0 amide bonds. The Morgan fingerprint density at radius 2 is 1.62 bits per heavy atom. The molecule has 82 valence electrons. The van der Waals surface area contributed by atoms with E-state index in [9.17, 15) is 0 Å². The van der Waals surface area contributed by atoms with E-state index in [1.54, 1.807) is 0 Å². The van der Waals surface area contributed by atoms with E-state index in [0.29, 0.717) is 0 Å². The summed E-state index contributed by atoms with van der Waals surface area (Å²) in [6, 6.07) is 19.0. The molecule has 0 radical (unpaired) electrons. The van der Waals surface area contributed by atoms with Crippen molar-refractivity contribution < 1.29 is 0 Å². The Balaban J connectivity index is 2.36. The first-order chi connectivity index (χ1) is 7.81. The molecule has 1 heteroatoms. The lowest BCUT2D eigenvalue weighted by Gasteiger charge is -2.10. The van der Waals surface area contributed by atoms with E-state index in [0.717, 1.165) is 6.42 Å². The van der Waals surface area contributed by atoms with Crippen LogP contribution in [-0.4, -0.2) is 0 Å². The Kier molecular flexibility index (Phi) is 3.37. The zero-order valence-electron chi connectivity index (χ0n) is 9.56. The van der Waals surface area contributed by atoms with E-state index in [4.69, 9.17) is 5.73 Å². The van der Waals surface area contributed by atoms with E-state index in [1.165, 1.54) is 16.7 Å². The summed E-state index contributed by atoms with van der Waals surface area (Å²) >= 11 is 0.